The van der Waals surface area contributed by atoms with E-state index in [9.17, 15) is 4.39 Å². The van der Waals surface area contributed by atoms with E-state index in [-0.39, 0.29) is 5.82 Å². The smallest absolute Gasteiger partial charge is 0.148 e. The second-order valence-corrected chi connectivity index (χ2v) is 5.51. The van der Waals surface area contributed by atoms with E-state index in [1.165, 1.54) is 0 Å². The normalized spacial score (nSPS) is 11.0. The van der Waals surface area contributed by atoms with Crippen molar-refractivity contribution in [3.05, 3.63) is 33.7 Å². The summed E-state index contributed by atoms with van der Waals surface area (Å²) in [7, 11) is 0. The van der Waals surface area contributed by atoms with Gasteiger partial charge in [0.15, 0.2) is 0 Å². The molecule has 102 valence electrons. The number of benzene rings is 1. The molecule has 0 aliphatic rings. The molecule has 0 bridgehead atoms. The molecule has 0 saturated carbocycles. The lowest BCUT2D eigenvalue weighted by atomic mass is 10.1. The molecule has 0 radical (unpaired) electrons. The van der Waals surface area contributed by atoms with Crippen molar-refractivity contribution >= 4 is 32.5 Å². The van der Waals surface area contributed by atoms with E-state index in [0.29, 0.717) is 9.86 Å². The maximum absolute atomic E-state index is 14.4. The van der Waals surface area contributed by atoms with E-state index in [1.807, 2.05) is 19.9 Å². The third-order valence-electron chi connectivity index (χ3n) is 3.09. The largest absolute Gasteiger partial charge is 0.385 e. The van der Waals surface area contributed by atoms with E-state index in [1.54, 1.807) is 6.07 Å². The maximum atomic E-state index is 14.4. The Morgan fingerprint density at radius 2 is 2.05 bits per heavy atom. The minimum absolute atomic E-state index is 0.243. The van der Waals surface area contributed by atoms with Gasteiger partial charge in [0, 0.05) is 17.9 Å². The van der Waals surface area contributed by atoms with Gasteiger partial charge in [-0.3, -0.25) is 4.98 Å². The van der Waals surface area contributed by atoms with Crippen LogP contribution in [0.4, 0.5) is 10.1 Å². The highest BCUT2D eigenvalue weighted by Crippen LogP contribution is 2.33. The molecule has 0 atom stereocenters. The third-order valence-corrected chi connectivity index (χ3v) is 3.67. The zero-order valence-electron chi connectivity index (χ0n) is 11.5. The number of nitrogens with zero attached hydrogens (tertiary/aromatic N) is 1. The number of anilines is 1. The lowest BCUT2D eigenvalue weighted by Crippen LogP contribution is -2.03. The molecule has 19 heavy (non-hydrogen) atoms. The standard InChI is InChI=1S/C15H18BrFN2/c1-4-6-10-8-12(18-5-2)13-14(17)11(16)7-9(3)15(13)19-10/h7-8H,4-6H2,1-3H3,(H,18,19). The Morgan fingerprint density at radius 3 is 2.68 bits per heavy atom. The monoisotopic (exact) mass is 324 g/mol. The van der Waals surface area contributed by atoms with Gasteiger partial charge in [-0.2, -0.15) is 0 Å². The molecule has 0 spiro atoms. The fourth-order valence-corrected chi connectivity index (χ4v) is 2.80. The molecule has 2 aromatic rings. The summed E-state index contributed by atoms with van der Waals surface area (Å²) >= 11 is 3.27. The number of hydrogen-bond donors (Lipinski definition) is 1. The van der Waals surface area contributed by atoms with E-state index in [0.717, 1.165) is 41.8 Å². The summed E-state index contributed by atoms with van der Waals surface area (Å²) in [6.45, 7) is 6.85. The molecule has 1 aromatic heterocycles. The number of fused-ring (bicyclic) bond motifs is 1. The van der Waals surface area contributed by atoms with Gasteiger partial charge in [-0.25, -0.2) is 4.39 Å². The topological polar surface area (TPSA) is 24.9 Å². The SMILES string of the molecule is CCCc1cc(NCC)c2c(F)c(Br)cc(C)c2n1. The Morgan fingerprint density at radius 1 is 1.32 bits per heavy atom. The number of rotatable bonds is 4. The molecule has 2 rings (SSSR count). The van der Waals surface area contributed by atoms with Gasteiger partial charge in [-0.15, -0.1) is 0 Å². The first-order valence-electron chi connectivity index (χ1n) is 6.60. The van der Waals surface area contributed by atoms with Crippen LogP contribution >= 0.6 is 15.9 Å². The van der Waals surface area contributed by atoms with Crippen LogP contribution in [0.5, 0.6) is 0 Å². The van der Waals surface area contributed by atoms with Crippen LogP contribution in [0.2, 0.25) is 0 Å². The minimum Gasteiger partial charge on any atom is -0.385 e. The van der Waals surface area contributed by atoms with Crippen LogP contribution in [0.3, 0.4) is 0 Å². The van der Waals surface area contributed by atoms with Crippen LogP contribution in [-0.2, 0) is 6.42 Å². The predicted molar refractivity (Wildman–Crippen MR) is 82.3 cm³/mol. The van der Waals surface area contributed by atoms with Crippen LogP contribution in [0, 0.1) is 12.7 Å². The highest BCUT2D eigenvalue weighted by Gasteiger charge is 2.14. The first-order chi connectivity index (χ1) is 9.08. The summed E-state index contributed by atoms with van der Waals surface area (Å²) in [6, 6.07) is 3.75. The Labute approximate surface area is 121 Å². The molecule has 0 saturated heterocycles. The van der Waals surface area contributed by atoms with E-state index >= 15 is 0 Å². The number of halogens is 2. The minimum atomic E-state index is -0.243. The van der Waals surface area contributed by atoms with Gasteiger partial charge in [0.05, 0.1) is 15.4 Å². The van der Waals surface area contributed by atoms with Crippen LogP contribution in [0.15, 0.2) is 16.6 Å². The second kappa shape index (κ2) is 5.87. The summed E-state index contributed by atoms with van der Waals surface area (Å²) in [5.74, 6) is -0.243. The van der Waals surface area contributed by atoms with Gasteiger partial charge in [0.25, 0.3) is 0 Å². The number of nitrogens with one attached hydrogen (secondary N) is 1. The lowest BCUT2D eigenvalue weighted by Gasteiger charge is -2.13. The zero-order valence-corrected chi connectivity index (χ0v) is 13.1. The van der Waals surface area contributed by atoms with E-state index in [2.05, 4.69) is 33.2 Å². The van der Waals surface area contributed by atoms with Gasteiger partial charge in [-0.1, -0.05) is 13.3 Å². The fraction of sp³-hybridized carbons (Fsp3) is 0.400. The van der Waals surface area contributed by atoms with Gasteiger partial charge in [-0.05, 0) is 53.9 Å². The number of aromatic nitrogens is 1. The quantitative estimate of drug-likeness (QED) is 0.871. The first kappa shape index (κ1) is 14.3. The molecular formula is C15H18BrFN2. The van der Waals surface area contributed by atoms with Gasteiger partial charge in [0.1, 0.15) is 5.82 Å². The molecule has 0 unspecified atom stereocenters. The Kier molecular flexibility index (Phi) is 4.40. The highest BCUT2D eigenvalue weighted by molar-refractivity contribution is 9.10. The molecular weight excluding hydrogens is 307 g/mol. The van der Waals surface area contributed by atoms with Crippen molar-refractivity contribution in [3.8, 4) is 0 Å². The fourth-order valence-electron chi connectivity index (χ4n) is 2.26. The molecule has 0 amide bonds. The molecule has 1 aromatic carbocycles. The van der Waals surface area contributed by atoms with Crippen LogP contribution < -0.4 is 5.32 Å². The van der Waals surface area contributed by atoms with Crippen molar-refractivity contribution in [1.82, 2.24) is 4.98 Å². The molecule has 0 aliphatic carbocycles. The van der Waals surface area contributed by atoms with Gasteiger partial charge in [0.2, 0.25) is 0 Å². The summed E-state index contributed by atoms with van der Waals surface area (Å²) in [5.41, 5.74) is 3.58. The summed E-state index contributed by atoms with van der Waals surface area (Å²) in [5, 5.41) is 3.82. The first-order valence-corrected chi connectivity index (χ1v) is 7.39. The average molecular weight is 325 g/mol. The van der Waals surface area contributed by atoms with E-state index < -0.39 is 0 Å². The predicted octanol–water partition coefficient (Wildman–Crippen LogP) is 4.83. The lowest BCUT2D eigenvalue weighted by molar-refractivity contribution is 0.633. The van der Waals surface area contributed by atoms with Crippen molar-refractivity contribution in [3.63, 3.8) is 0 Å². The summed E-state index contributed by atoms with van der Waals surface area (Å²) < 4.78 is 14.8. The Balaban J connectivity index is 2.78. The van der Waals surface area contributed by atoms with Crippen molar-refractivity contribution in [1.29, 1.82) is 0 Å². The average Bonchev–Trinajstić information content (AvgIpc) is 2.36. The Hall–Kier alpha value is -1.16. The van der Waals surface area contributed by atoms with Crippen molar-refractivity contribution in [2.24, 2.45) is 0 Å². The molecule has 4 heteroatoms. The number of hydrogen-bond acceptors (Lipinski definition) is 2. The van der Waals surface area contributed by atoms with Crippen LogP contribution in [-0.4, -0.2) is 11.5 Å². The molecule has 1 N–H and O–H groups in total. The number of aryl methyl sites for hydroxylation is 2. The second-order valence-electron chi connectivity index (χ2n) is 4.65. The van der Waals surface area contributed by atoms with Crippen molar-refractivity contribution < 1.29 is 4.39 Å². The molecule has 0 aliphatic heterocycles. The Bertz CT molecular complexity index is 611. The van der Waals surface area contributed by atoms with Gasteiger partial charge >= 0.3 is 0 Å². The van der Waals surface area contributed by atoms with E-state index in [4.69, 9.17) is 0 Å². The van der Waals surface area contributed by atoms with Gasteiger partial charge < -0.3 is 5.32 Å². The maximum Gasteiger partial charge on any atom is 0.148 e. The summed E-state index contributed by atoms with van der Waals surface area (Å²) in [6.07, 6.45) is 1.94. The molecule has 0 fully saturated rings. The molecule has 2 nitrogen and oxygen atoms in total. The van der Waals surface area contributed by atoms with Crippen LogP contribution in [0.1, 0.15) is 31.5 Å². The van der Waals surface area contributed by atoms with Crippen molar-refractivity contribution in [2.75, 3.05) is 11.9 Å². The third kappa shape index (κ3) is 2.73. The highest BCUT2D eigenvalue weighted by atomic mass is 79.9. The molecule has 1 heterocycles. The number of pyridine rings is 1. The van der Waals surface area contributed by atoms with Crippen LogP contribution in [0.25, 0.3) is 10.9 Å². The van der Waals surface area contributed by atoms with Crippen molar-refractivity contribution in [2.45, 2.75) is 33.6 Å². The zero-order chi connectivity index (χ0) is 14.0. The summed E-state index contributed by atoms with van der Waals surface area (Å²) in [4.78, 5) is 4.61.